The lowest BCUT2D eigenvalue weighted by Gasteiger charge is -2.14. The highest BCUT2D eigenvalue weighted by Crippen LogP contribution is 2.35. The van der Waals surface area contributed by atoms with Crippen LogP contribution in [-0.4, -0.2) is 35.9 Å². The third-order valence-corrected chi connectivity index (χ3v) is 6.03. The van der Waals surface area contributed by atoms with Crippen molar-refractivity contribution in [3.05, 3.63) is 88.6 Å². The van der Waals surface area contributed by atoms with Gasteiger partial charge in [-0.05, 0) is 55.1 Å². The fourth-order valence-corrected chi connectivity index (χ4v) is 4.48. The van der Waals surface area contributed by atoms with Crippen LogP contribution in [0.25, 0.3) is 16.3 Å². The molecular weight excluding hydrogens is 457 g/mol. The minimum Gasteiger partial charge on any atom is -0.468 e. The minimum atomic E-state index is -0.566. The topological polar surface area (TPSA) is 84.7 Å². The summed E-state index contributed by atoms with van der Waals surface area (Å²) in [5, 5.41) is 3.39. The third-order valence-electron chi connectivity index (χ3n) is 4.95. The number of methoxy groups -OCH3 is 1. The number of esters is 1. The molecule has 0 saturated heterocycles. The molecule has 0 spiro atoms. The van der Waals surface area contributed by atoms with E-state index in [-0.39, 0.29) is 4.88 Å². The van der Waals surface area contributed by atoms with Gasteiger partial charge in [-0.25, -0.2) is 14.2 Å². The molecule has 0 fully saturated rings. The number of furan rings is 1. The van der Waals surface area contributed by atoms with Crippen molar-refractivity contribution >= 4 is 45.2 Å². The van der Waals surface area contributed by atoms with Gasteiger partial charge in [-0.3, -0.25) is 9.69 Å². The lowest BCUT2D eigenvalue weighted by Crippen LogP contribution is -2.17. The maximum atomic E-state index is 13.4. The van der Waals surface area contributed by atoms with Crippen molar-refractivity contribution in [2.24, 2.45) is 0 Å². The normalized spacial score (nSPS) is 11.4. The molecule has 7 nitrogen and oxygen atoms in total. The number of halogens is 1. The first kappa shape index (κ1) is 23.3. The van der Waals surface area contributed by atoms with Gasteiger partial charge in [0.25, 0.3) is 0 Å². The number of carbonyl (C=O) groups excluding carboxylic acids is 2. The maximum Gasteiger partial charge on any atom is 0.350 e. The van der Waals surface area contributed by atoms with Gasteiger partial charge < -0.3 is 14.5 Å². The highest BCUT2D eigenvalue weighted by atomic mass is 32.1. The number of nitrogens with one attached hydrogen (secondary N) is 1. The zero-order valence-electron chi connectivity index (χ0n) is 18.6. The van der Waals surface area contributed by atoms with E-state index in [1.165, 1.54) is 31.4 Å². The Bertz CT molecular complexity index is 1350. The summed E-state index contributed by atoms with van der Waals surface area (Å²) < 4.78 is 23.6. The number of nitrogens with zero attached hydrogens (tertiary/aromatic N) is 2. The van der Waals surface area contributed by atoms with E-state index in [4.69, 9.17) is 9.15 Å². The molecule has 1 N–H and O–H groups in total. The summed E-state index contributed by atoms with van der Waals surface area (Å²) in [6, 6.07) is 13.3. The molecule has 1 amide bonds. The molecule has 1 aromatic carbocycles. The number of hydrogen-bond donors (Lipinski definition) is 1. The van der Waals surface area contributed by atoms with E-state index in [9.17, 15) is 14.0 Å². The fraction of sp³-hybridized carbons (Fsp3) is 0.160. The molecule has 0 aliphatic heterocycles. The van der Waals surface area contributed by atoms with Crippen molar-refractivity contribution in [1.82, 2.24) is 9.88 Å². The molecule has 34 heavy (non-hydrogen) atoms. The van der Waals surface area contributed by atoms with Crippen LogP contribution in [0.3, 0.4) is 0 Å². The molecule has 0 radical (unpaired) electrons. The number of ether oxygens (including phenoxy) is 1. The summed E-state index contributed by atoms with van der Waals surface area (Å²) >= 11 is 1.15. The number of rotatable bonds is 8. The Morgan fingerprint density at radius 2 is 2.06 bits per heavy atom. The van der Waals surface area contributed by atoms with Gasteiger partial charge in [-0.1, -0.05) is 12.1 Å². The van der Waals surface area contributed by atoms with E-state index in [2.05, 4.69) is 15.2 Å². The number of amides is 1. The number of aromatic nitrogens is 1. The minimum absolute atomic E-state index is 0.249. The average Bonchev–Trinajstić information content (AvgIpc) is 3.45. The van der Waals surface area contributed by atoms with Crippen molar-refractivity contribution in [3.63, 3.8) is 0 Å². The van der Waals surface area contributed by atoms with Crippen LogP contribution in [0, 0.1) is 5.82 Å². The Hall–Kier alpha value is -3.82. The zero-order chi connectivity index (χ0) is 24.1. The van der Waals surface area contributed by atoms with Gasteiger partial charge in [-0.2, -0.15) is 0 Å². The van der Waals surface area contributed by atoms with Gasteiger partial charge in [0.2, 0.25) is 5.91 Å². The van der Waals surface area contributed by atoms with Crippen LogP contribution in [0.15, 0.2) is 65.3 Å². The van der Waals surface area contributed by atoms with Crippen molar-refractivity contribution < 1.29 is 23.1 Å². The van der Waals surface area contributed by atoms with Crippen LogP contribution in [0.4, 0.5) is 10.1 Å². The summed E-state index contributed by atoms with van der Waals surface area (Å²) in [5.41, 5.74) is 1.69. The molecule has 9 heteroatoms. The number of fused-ring (bicyclic) bond motifs is 1. The molecule has 0 aliphatic carbocycles. The van der Waals surface area contributed by atoms with Gasteiger partial charge in [-0.15, -0.1) is 11.3 Å². The molecule has 0 aliphatic rings. The average molecular weight is 480 g/mol. The lowest BCUT2D eigenvalue weighted by molar-refractivity contribution is -0.111. The molecular formula is C25H22FN3O4S. The molecule has 0 atom stereocenters. The standard InChI is InChI=1S/C25H22FN3O4S/c1-29(15-19-7-4-12-33-19)14-18-9-10-20-22(23(25(31)32-2)34-24(20)27-18)28-21(30)11-8-16-5-3-6-17(26)13-16/h3-13H,14-15H2,1-2H3,(H,28,30). The monoisotopic (exact) mass is 479 g/mol. The Labute approximate surface area is 199 Å². The maximum absolute atomic E-state index is 13.4. The number of benzene rings is 1. The second-order valence-electron chi connectivity index (χ2n) is 7.58. The first-order valence-electron chi connectivity index (χ1n) is 10.4. The molecule has 3 heterocycles. The van der Waals surface area contributed by atoms with Crippen LogP contribution in [0.5, 0.6) is 0 Å². The van der Waals surface area contributed by atoms with Gasteiger partial charge in [0.1, 0.15) is 21.3 Å². The molecule has 174 valence electrons. The molecule has 3 aromatic heterocycles. The van der Waals surface area contributed by atoms with Gasteiger partial charge in [0.05, 0.1) is 31.3 Å². The Morgan fingerprint density at radius 1 is 1.21 bits per heavy atom. The smallest absolute Gasteiger partial charge is 0.350 e. The molecule has 0 bridgehead atoms. The number of pyridine rings is 1. The Balaban J connectivity index is 1.56. The van der Waals surface area contributed by atoms with E-state index >= 15 is 0 Å². The van der Waals surface area contributed by atoms with E-state index in [0.29, 0.717) is 34.6 Å². The van der Waals surface area contributed by atoms with Gasteiger partial charge in [0, 0.05) is 18.0 Å². The van der Waals surface area contributed by atoms with E-state index < -0.39 is 17.7 Å². The summed E-state index contributed by atoms with van der Waals surface area (Å²) in [4.78, 5) is 32.5. The summed E-state index contributed by atoms with van der Waals surface area (Å²) in [5.74, 6) is -0.569. The molecule has 4 aromatic rings. The van der Waals surface area contributed by atoms with Crippen LogP contribution < -0.4 is 5.32 Å². The zero-order valence-corrected chi connectivity index (χ0v) is 19.4. The first-order valence-corrected chi connectivity index (χ1v) is 11.2. The number of anilines is 1. The first-order chi connectivity index (χ1) is 16.4. The molecule has 0 unspecified atom stereocenters. The fourth-order valence-electron chi connectivity index (χ4n) is 3.41. The van der Waals surface area contributed by atoms with Crippen LogP contribution >= 0.6 is 11.3 Å². The molecule has 0 saturated carbocycles. The van der Waals surface area contributed by atoms with Crippen molar-refractivity contribution in [1.29, 1.82) is 0 Å². The van der Waals surface area contributed by atoms with Crippen molar-refractivity contribution in [2.45, 2.75) is 13.1 Å². The number of thiophene rings is 1. The van der Waals surface area contributed by atoms with Crippen LogP contribution in [-0.2, 0) is 22.6 Å². The van der Waals surface area contributed by atoms with E-state index in [1.807, 2.05) is 31.3 Å². The number of carbonyl (C=O) groups is 2. The summed E-state index contributed by atoms with van der Waals surface area (Å²) in [7, 11) is 3.24. The highest BCUT2D eigenvalue weighted by molar-refractivity contribution is 7.21. The predicted molar refractivity (Wildman–Crippen MR) is 129 cm³/mol. The van der Waals surface area contributed by atoms with Crippen LogP contribution in [0.1, 0.15) is 26.7 Å². The van der Waals surface area contributed by atoms with Crippen LogP contribution in [0.2, 0.25) is 0 Å². The van der Waals surface area contributed by atoms with Gasteiger partial charge >= 0.3 is 5.97 Å². The lowest BCUT2D eigenvalue weighted by atomic mass is 10.2. The number of hydrogen-bond acceptors (Lipinski definition) is 7. The third kappa shape index (κ3) is 5.56. The SMILES string of the molecule is COC(=O)c1sc2nc(CN(C)Cc3ccco3)ccc2c1NC(=O)C=Cc1cccc(F)c1. The van der Waals surface area contributed by atoms with Crippen molar-refractivity contribution in [2.75, 3.05) is 19.5 Å². The summed E-state index contributed by atoms with van der Waals surface area (Å²) in [6.45, 7) is 1.20. The predicted octanol–water partition coefficient (Wildman–Crippen LogP) is 5.10. The quantitative estimate of drug-likeness (QED) is 0.280. The highest BCUT2D eigenvalue weighted by Gasteiger charge is 2.21. The van der Waals surface area contributed by atoms with Crippen molar-refractivity contribution in [3.8, 4) is 0 Å². The van der Waals surface area contributed by atoms with Gasteiger partial charge in [0.15, 0.2) is 0 Å². The molecule has 4 rings (SSSR count). The van der Waals surface area contributed by atoms with E-state index in [0.717, 1.165) is 22.8 Å². The second kappa shape index (κ2) is 10.4. The second-order valence-corrected chi connectivity index (χ2v) is 8.58. The largest absolute Gasteiger partial charge is 0.468 e. The Morgan fingerprint density at radius 3 is 2.79 bits per heavy atom. The summed E-state index contributed by atoms with van der Waals surface area (Å²) in [6.07, 6.45) is 4.41. The van der Waals surface area contributed by atoms with E-state index in [1.54, 1.807) is 18.4 Å². The Kier molecular flexibility index (Phi) is 7.15.